The summed E-state index contributed by atoms with van der Waals surface area (Å²) in [5, 5.41) is 13.1. The van der Waals surface area contributed by atoms with Crippen molar-refractivity contribution >= 4 is 5.78 Å². The summed E-state index contributed by atoms with van der Waals surface area (Å²) in [6.07, 6.45) is 0.878. The molecule has 0 aromatic heterocycles. The summed E-state index contributed by atoms with van der Waals surface area (Å²) >= 11 is 0. The summed E-state index contributed by atoms with van der Waals surface area (Å²) in [4.78, 5) is 11.3. The number of hydrogen-bond donors (Lipinski definition) is 2. The van der Waals surface area contributed by atoms with Crippen molar-refractivity contribution in [3.63, 3.8) is 0 Å². The van der Waals surface area contributed by atoms with Crippen LogP contribution in [0.25, 0.3) is 0 Å². The highest BCUT2D eigenvalue weighted by Crippen LogP contribution is 2.15. The molecule has 1 aliphatic heterocycles. The van der Waals surface area contributed by atoms with Crippen molar-refractivity contribution in [3.05, 3.63) is 35.4 Å². The maximum absolute atomic E-state index is 13.0. The molecular formula is C14H17F2NO2. The summed E-state index contributed by atoms with van der Waals surface area (Å²) in [7, 11) is 0. The largest absolute Gasteiger partial charge is 0.391 e. The quantitative estimate of drug-likeness (QED) is 0.872. The number of ketones is 1. The molecule has 0 aliphatic carbocycles. The zero-order valence-corrected chi connectivity index (χ0v) is 10.5. The Bertz CT molecular complexity index is 445. The van der Waals surface area contributed by atoms with Gasteiger partial charge in [-0.2, -0.15) is 0 Å². The normalized spacial score (nSPS) is 21.4. The van der Waals surface area contributed by atoms with Crippen LogP contribution < -0.4 is 5.32 Å². The maximum atomic E-state index is 13.0. The second kappa shape index (κ2) is 6.21. The van der Waals surface area contributed by atoms with E-state index in [0.29, 0.717) is 37.8 Å². The molecule has 1 aromatic carbocycles. The first-order chi connectivity index (χ1) is 9.04. The summed E-state index contributed by atoms with van der Waals surface area (Å²) in [6.45, 7) is 0.579. The van der Waals surface area contributed by atoms with Gasteiger partial charge in [0.2, 0.25) is 0 Å². The lowest BCUT2D eigenvalue weighted by molar-refractivity contribution is -0.121. The lowest BCUT2D eigenvalue weighted by Crippen LogP contribution is -2.46. The predicted molar refractivity (Wildman–Crippen MR) is 66.7 cm³/mol. The number of aryl methyl sites for hydroxylation is 1. The number of rotatable bonds is 4. The average Bonchev–Trinajstić information content (AvgIpc) is 2.35. The molecule has 0 bridgehead atoms. The highest BCUT2D eigenvalue weighted by atomic mass is 19.1. The van der Waals surface area contributed by atoms with Crippen LogP contribution in [0.2, 0.25) is 0 Å². The average molecular weight is 269 g/mol. The van der Waals surface area contributed by atoms with Crippen LogP contribution in [0.4, 0.5) is 8.78 Å². The Hall–Kier alpha value is -1.33. The molecule has 104 valence electrons. The number of hydrogen-bond acceptors (Lipinski definition) is 3. The molecule has 2 rings (SSSR count). The number of benzene rings is 1. The predicted octanol–water partition coefficient (Wildman–Crippen LogP) is 1.58. The third kappa shape index (κ3) is 4.08. The van der Waals surface area contributed by atoms with Crippen LogP contribution in [-0.4, -0.2) is 29.6 Å². The fourth-order valence-corrected chi connectivity index (χ4v) is 2.36. The number of carbonyl (C=O) groups excluding carboxylic acids is 1. The molecule has 2 N–H and O–H groups in total. The Labute approximate surface area is 110 Å². The second-order valence-corrected chi connectivity index (χ2v) is 4.94. The van der Waals surface area contributed by atoms with Crippen LogP contribution in [0.1, 0.15) is 24.8 Å². The first kappa shape index (κ1) is 14.1. The van der Waals surface area contributed by atoms with Gasteiger partial charge in [-0.25, -0.2) is 8.78 Å². The first-order valence-electron chi connectivity index (χ1n) is 6.43. The van der Waals surface area contributed by atoms with Crippen molar-refractivity contribution in [1.82, 2.24) is 5.32 Å². The van der Waals surface area contributed by atoms with E-state index in [1.807, 2.05) is 0 Å². The third-order valence-electron chi connectivity index (χ3n) is 3.37. The van der Waals surface area contributed by atoms with E-state index in [4.69, 9.17) is 0 Å². The van der Waals surface area contributed by atoms with Gasteiger partial charge >= 0.3 is 0 Å². The molecule has 1 aromatic rings. The Balaban J connectivity index is 1.88. The molecule has 19 heavy (non-hydrogen) atoms. The third-order valence-corrected chi connectivity index (χ3v) is 3.37. The van der Waals surface area contributed by atoms with Crippen LogP contribution in [-0.2, 0) is 11.2 Å². The molecule has 0 spiro atoms. The monoisotopic (exact) mass is 269 g/mol. The van der Waals surface area contributed by atoms with Crippen molar-refractivity contribution in [2.75, 3.05) is 6.54 Å². The zero-order chi connectivity index (χ0) is 13.8. The highest BCUT2D eigenvalue weighted by Gasteiger charge is 2.25. The van der Waals surface area contributed by atoms with Gasteiger partial charge in [-0.1, -0.05) is 0 Å². The first-order valence-corrected chi connectivity index (χ1v) is 6.43. The molecule has 0 amide bonds. The van der Waals surface area contributed by atoms with E-state index in [1.165, 1.54) is 12.1 Å². The van der Waals surface area contributed by atoms with Crippen molar-refractivity contribution < 1.29 is 18.7 Å². The molecule has 0 unspecified atom stereocenters. The van der Waals surface area contributed by atoms with Crippen molar-refractivity contribution in [2.24, 2.45) is 0 Å². The van der Waals surface area contributed by atoms with Crippen molar-refractivity contribution in [2.45, 2.75) is 37.8 Å². The molecule has 1 heterocycles. The maximum Gasteiger partial charge on any atom is 0.135 e. The minimum Gasteiger partial charge on any atom is -0.391 e. The van der Waals surface area contributed by atoms with Gasteiger partial charge in [-0.05, 0) is 30.5 Å². The van der Waals surface area contributed by atoms with Crippen LogP contribution in [0, 0.1) is 11.6 Å². The fourth-order valence-electron chi connectivity index (χ4n) is 2.36. The number of halogens is 2. The van der Waals surface area contributed by atoms with E-state index in [9.17, 15) is 18.7 Å². The number of nitrogens with one attached hydrogen (secondary N) is 1. The number of aliphatic hydroxyl groups excluding tert-OH is 1. The van der Waals surface area contributed by atoms with E-state index in [-0.39, 0.29) is 11.8 Å². The van der Waals surface area contributed by atoms with Gasteiger partial charge in [0.05, 0.1) is 6.10 Å². The fraction of sp³-hybridized carbons (Fsp3) is 0.500. The van der Waals surface area contributed by atoms with E-state index in [2.05, 4.69) is 5.32 Å². The van der Waals surface area contributed by atoms with E-state index >= 15 is 0 Å². The van der Waals surface area contributed by atoms with Gasteiger partial charge in [0, 0.05) is 31.5 Å². The Morgan fingerprint density at radius 3 is 2.63 bits per heavy atom. The minimum atomic E-state index is -0.685. The molecule has 1 saturated heterocycles. The van der Waals surface area contributed by atoms with Gasteiger partial charge < -0.3 is 10.4 Å². The van der Waals surface area contributed by atoms with Crippen LogP contribution in [0.15, 0.2) is 18.2 Å². The van der Waals surface area contributed by atoms with Gasteiger partial charge in [0.15, 0.2) is 0 Å². The molecular weight excluding hydrogens is 252 g/mol. The topological polar surface area (TPSA) is 49.3 Å². The van der Waals surface area contributed by atoms with E-state index in [0.717, 1.165) is 6.07 Å². The molecule has 2 atom stereocenters. The van der Waals surface area contributed by atoms with Crippen LogP contribution in [0.3, 0.4) is 0 Å². The zero-order valence-electron chi connectivity index (χ0n) is 10.5. The smallest absolute Gasteiger partial charge is 0.135 e. The van der Waals surface area contributed by atoms with Crippen LogP contribution >= 0.6 is 0 Å². The Morgan fingerprint density at radius 2 is 2.00 bits per heavy atom. The summed E-state index contributed by atoms with van der Waals surface area (Å²) in [5.74, 6) is -1.09. The lowest BCUT2D eigenvalue weighted by atomic mass is 9.95. The second-order valence-electron chi connectivity index (χ2n) is 4.94. The van der Waals surface area contributed by atoms with Gasteiger partial charge in [-0.3, -0.25) is 4.79 Å². The standard InChI is InChI=1S/C14H17F2NO2/c15-10-5-9(6-11(16)7-10)1-2-14(19)13-8-12(18)3-4-17-13/h5-7,13-14,17,19H,1-4,8H2/t13-,14-/m1/s1. The SMILES string of the molecule is O=C1CCN[C@@H]([C@H](O)CCc2cc(F)cc(F)c2)C1. The summed E-state index contributed by atoms with van der Waals surface area (Å²) in [5.41, 5.74) is 0.513. The number of piperidine rings is 1. The molecule has 5 heteroatoms. The van der Waals surface area contributed by atoms with E-state index in [1.54, 1.807) is 0 Å². The minimum absolute atomic E-state index is 0.139. The Morgan fingerprint density at radius 1 is 1.32 bits per heavy atom. The molecule has 1 fully saturated rings. The molecule has 1 aliphatic rings. The number of carbonyl (C=O) groups is 1. The van der Waals surface area contributed by atoms with Crippen molar-refractivity contribution in [3.8, 4) is 0 Å². The summed E-state index contributed by atoms with van der Waals surface area (Å²) < 4.78 is 26.0. The van der Waals surface area contributed by atoms with Crippen molar-refractivity contribution in [1.29, 1.82) is 0 Å². The van der Waals surface area contributed by atoms with Gasteiger partial charge in [0.25, 0.3) is 0 Å². The number of Topliss-reactive ketones (excluding diaryl/α,β-unsaturated/α-hetero) is 1. The molecule has 0 radical (unpaired) electrons. The van der Waals surface area contributed by atoms with Gasteiger partial charge in [-0.15, -0.1) is 0 Å². The van der Waals surface area contributed by atoms with Gasteiger partial charge in [0.1, 0.15) is 17.4 Å². The van der Waals surface area contributed by atoms with E-state index < -0.39 is 17.7 Å². The summed E-state index contributed by atoms with van der Waals surface area (Å²) in [6, 6.07) is 3.09. The number of aliphatic hydroxyl groups is 1. The molecule has 0 saturated carbocycles. The molecule has 3 nitrogen and oxygen atoms in total. The lowest BCUT2D eigenvalue weighted by Gasteiger charge is -2.27. The highest BCUT2D eigenvalue weighted by molar-refractivity contribution is 5.80. The Kier molecular flexibility index (Phi) is 4.61. The van der Waals surface area contributed by atoms with Crippen LogP contribution in [0.5, 0.6) is 0 Å².